The first kappa shape index (κ1) is 15.4. The van der Waals surface area contributed by atoms with Gasteiger partial charge < -0.3 is 5.11 Å². The number of rotatable bonds is 3. The predicted octanol–water partition coefficient (Wildman–Crippen LogP) is 4.99. The Labute approximate surface area is 135 Å². The molecule has 0 amide bonds. The Morgan fingerprint density at radius 2 is 1.65 bits per heavy atom. The summed E-state index contributed by atoms with van der Waals surface area (Å²) in [4.78, 5) is 15.0. The van der Waals surface area contributed by atoms with Gasteiger partial charge in [0.15, 0.2) is 0 Å². The second-order valence-corrected chi connectivity index (χ2v) is 5.55. The van der Waals surface area contributed by atoms with Crippen LogP contribution in [0.5, 0.6) is 0 Å². The number of benzene rings is 1. The molecule has 0 spiro atoms. The summed E-state index contributed by atoms with van der Waals surface area (Å²) in [5, 5.41) is 9.97. The van der Waals surface area contributed by atoms with Crippen molar-refractivity contribution in [1.82, 2.24) is 4.98 Å². The molecular weight excluding hydrogens is 344 g/mol. The summed E-state index contributed by atoms with van der Waals surface area (Å²) < 4.78 is 0. The zero-order valence-electron chi connectivity index (χ0n) is 9.83. The Balaban J connectivity index is 2.50. The zero-order chi connectivity index (χ0) is 14.9. The number of nitrogens with zero attached hydrogens (tertiary/aromatic N) is 1. The predicted molar refractivity (Wildman–Crippen MR) is 81.1 cm³/mol. The summed E-state index contributed by atoms with van der Waals surface area (Å²) in [6, 6.07) is 6.45. The second-order valence-electron chi connectivity index (χ2n) is 3.95. The van der Waals surface area contributed by atoms with Crippen LogP contribution in [-0.2, 0) is 11.2 Å². The van der Waals surface area contributed by atoms with Gasteiger partial charge in [-0.3, -0.25) is 9.78 Å². The molecule has 0 fully saturated rings. The summed E-state index contributed by atoms with van der Waals surface area (Å²) in [5.41, 5.74) is 1.43. The lowest BCUT2D eigenvalue weighted by Gasteiger charge is -2.07. The smallest absolute Gasteiger partial charge is 0.309 e. The van der Waals surface area contributed by atoms with E-state index in [0.29, 0.717) is 26.3 Å². The molecule has 1 aromatic carbocycles. The molecule has 0 aliphatic carbocycles. The number of carboxylic acid groups (broad SMARTS) is 1. The molecular formula is C13H7Cl4NO2. The first-order valence-electron chi connectivity index (χ1n) is 5.40. The second kappa shape index (κ2) is 6.19. The topological polar surface area (TPSA) is 50.2 Å². The van der Waals surface area contributed by atoms with E-state index in [1.54, 1.807) is 24.3 Å². The Hall–Kier alpha value is -1.000. The fraction of sp³-hybridized carbons (Fsp3) is 0.0769. The number of pyridine rings is 1. The van der Waals surface area contributed by atoms with Gasteiger partial charge in [-0.15, -0.1) is 0 Å². The number of carbonyl (C=O) groups is 1. The fourth-order valence-corrected chi connectivity index (χ4v) is 2.38. The van der Waals surface area contributed by atoms with Gasteiger partial charge >= 0.3 is 5.97 Å². The van der Waals surface area contributed by atoms with Gasteiger partial charge in [-0.25, -0.2) is 0 Å². The summed E-state index contributed by atoms with van der Waals surface area (Å²) in [5.74, 6) is -1.01. The highest BCUT2D eigenvalue weighted by Gasteiger charge is 2.12. The maximum Gasteiger partial charge on any atom is 0.309 e. The molecule has 0 unspecified atom stereocenters. The summed E-state index contributed by atoms with van der Waals surface area (Å²) in [7, 11) is 0. The van der Waals surface area contributed by atoms with E-state index in [4.69, 9.17) is 51.5 Å². The van der Waals surface area contributed by atoms with Crippen molar-refractivity contribution in [2.45, 2.75) is 6.42 Å². The first-order chi connectivity index (χ1) is 9.38. The number of aromatic nitrogens is 1. The third-order valence-corrected chi connectivity index (χ3v) is 4.06. The van der Waals surface area contributed by atoms with Crippen molar-refractivity contribution in [2.24, 2.45) is 0 Å². The van der Waals surface area contributed by atoms with Crippen molar-refractivity contribution in [2.75, 3.05) is 0 Å². The van der Waals surface area contributed by atoms with Gasteiger partial charge in [-0.05, 0) is 24.3 Å². The SMILES string of the molecule is O=C(O)Cc1nc(-c2cc(Cl)c(Cl)c(Cl)c2)ccc1Cl. The van der Waals surface area contributed by atoms with E-state index >= 15 is 0 Å². The number of aliphatic carboxylic acids is 1. The van der Waals surface area contributed by atoms with E-state index in [-0.39, 0.29) is 17.1 Å². The molecule has 20 heavy (non-hydrogen) atoms. The molecule has 1 aromatic heterocycles. The third-order valence-electron chi connectivity index (χ3n) is 2.52. The van der Waals surface area contributed by atoms with Crippen molar-refractivity contribution in [3.8, 4) is 11.3 Å². The van der Waals surface area contributed by atoms with Crippen LogP contribution in [-0.4, -0.2) is 16.1 Å². The van der Waals surface area contributed by atoms with Gasteiger partial charge in [0.05, 0.1) is 37.9 Å². The van der Waals surface area contributed by atoms with E-state index < -0.39 is 5.97 Å². The highest BCUT2D eigenvalue weighted by molar-refractivity contribution is 6.48. The van der Waals surface area contributed by atoms with Crippen LogP contribution < -0.4 is 0 Å². The lowest BCUT2D eigenvalue weighted by atomic mass is 10.1. The molecule has 0 bridgehead atoms. The van der Waals surface area contributed by atoms with E-state index in [2.05, 4.69) is 4.98 Å². The minimum atomic E-state index is -1.01. The van der Waals surface area contributed by atoms with Crippen LogP contribution in [0.15, 0.2) is 24.3 Å². The molecule has 7 heteroatoms. The molecule has 104 valence electrons. The van der Waals surface area contributed by atoms with Gasteiger partial charge in [-0.2, -0.15) is 0 Å². The molecule has 2 aromatic rings. The van der Waals surface area contributed by atoms with E-state index in [1.807, 2.05) is 0 Å². The van der Waals surface area contributed by atoms with Gasteiger partial charge in [0.25, 0.3) is 0 Å². The van der Waals surface area contributed by atoms with Crippen molar-refractivity contribution in [3.63, 3.8) is 0 Å². The number of carboxylic acids is 1. The molecule has 2 rings (SSSR count). The third kappa shape index (κ3) is 3.36. The van der Waals surface area contributed by atoms with Crippen molar-refractivity contribution >= 4 is 52.4 Å². The Bertz CT molecular complexity index is 665. The van der Waals surface area contributed by atoms with E-state index in [9.17, 15) is 4.79 Å². The van der Waals surface area contributed by atoms with Gasteiger partial charge in [0.1, 0.15) is 0 Å². The van der Waals surface area contributed by atoms with Crippen LogP contribution in [0.4, 0.5) is 0 Å². The average Bonchev–Trinajstić information content (AvgIpc) is 2.37. The molecule has 0 aliphatic heterocycles. The normalized spacial score (nSPS) is 10.6. The van der Waals surface area contributed by atoms with E-state index in [1.165, 1.54) is 0 Å². The lowest BCUT2D eigenvalue weighted by molar-refractivity contribution is -0.136. The zero-order valence-corrected chi connectivity index (χ0v) is 12.9. The molecule has 0 aliphatic rings. The number of hydrogen-bond acceptors (Lipinski definition) is 2. The van der Waals surface area contributed by atoms with Crippen LogP contribution >= 0.6 is 46.4 Å². The molecule has 0 saturated heterocycles. The minimum Gasteiger partial charge on any atom is -0.481 e. The summed E-state index contributed by atoms with van der Waals surface area (Å²) in [6.07, 6.45) is -0.262. The van der Waals surface area contributed by atoms with Gasteiger partial charge in [0.2, 0.25) is 0 Å². The molecule has 1 heterocycles. The van der Waals surface area contributed by atoms with Crippen LogP contribution in [0.3, 0.4) is 0 Å². The Morgan fingerprint density at radius 3 is 2.20 bits per heavy atom. The minimum absolute atomic E-state index is 0.261. The van der Waals surface area contributed by atoms with E-state index in [0.717, 1.165) is 0 Å². The van der Waals surface area contributed by atoms with Crippen LogP contribution in [0.25, 0.3) is 11.3 Å². The van der Waals surface area contributed by atoms with Gasteiger partial charge in [0, 0.05) is 5.56 Å². The van der Waals surface area contributed by atoms with Crippen molar-refractivity contribution in [1.29, 1.82) is 0 Å². The van der Waals surface area contributed by atoms with Gasteiger partial charge in [-0.1, -0.05) is 46.4 Å². The Morgan fingerprint density at radius 1 is 1.05 bits per heavy atom. The summed E-state index contributed by atoms with van der Waals surface area (Å²) >= 11 is 23.7. The molecule has 3 nitrogen and oxygen atoms in total. The molecule has 1 N–H and O–H groups in total. The summed E-state index contributed by atoms with van der Waals surface area (Å²) in [6.45, 7) is 0. The first-order valence-corrected chi connectivity index (χ1v) is 6.92. The molecule has 0 atom stereocenters. The maximum atomic E-state index is 10.8. The number of hydrogen-bond donors (Lipinski definition) is 1. The highest BCUT2D eigenvalue weighted by atomic mass is 35.5. The maximum absolute atomic E-state index is 10.8. The van der Waals surface area contributed by atoms with Crippen LogP contribution in [0.1, 0.15) is 5.69 Å². The molecule has 0 radical (unpaired) electrons. The monoisotopic (exact) mass is 349 g/mol. The molecule has 0 saturated carbocycles. The van der Waals surface area contributed by atoms with Crippen molar-refractivity contribution in [3.05, 3.63) is 50.0 Å². The standard InChI is InChI=1S/C13H7Cl4NO2/c14-7-1-2-10(18-11(7)5-12(19)20)6-3-8(15)13(17)9(16)4-6/h1-4H,5H2,(H,19,20). The lowest BCUT2D eigenvalue weighted by Crippen LogP contribution is -2.03. The van der Waals surface area contributed by atoms with Crippen LogP contribution in [0, 0.1) is 0 Å². The fourth-order valence-electron chi connectivity index (χ4n) is 1.62. The highest BCUT2D eigenvalue weighted by Crippen LogP contribution is 2.35. The van der Waals surface area contributed by atoms with Crippen LogP contribution in [0.2, 0.25) is 20.1 Å². The quantitative estimate of drug-likeness (QED) is 0.793. The largest absolute Gasteiger partial charge is 0.481 e. The number of halogens is 4. The average molecular weight is 351 g/mol. The van der Waals surface area contributed by atoms with Crippen molar-refractivity contribution < 1.29 is 9.90 Å². The Kier molecular flexibility index (Phi) is 4.76.